The lowest BCUT2D eigenvalue weighted by Crippen LogP contribution is -2.39. The van der Waals surface area contributed by atoms with E-state index < -0.39 is 28.5 Å². The molecule has 0 N–H and O–H groups in total. The van der Waals surface area contributed by atoms with Gasteiger partial charge in [-0.25, -0.2) is 9.79 Å². The third-order valence-corrected chi connectivity index (χ3v) is 6.39. The van der Waals surface area contributed by atoms with Crippen LogP contribution in [0.3, 0.4) is 0 Å². The predicted molar refractivity (Wildman–Crippen MR) is 136 cm³/mol. The molecule has 0 fully saturated rings. The fraction of sp³-hybridized carbons (Fsp3) is 0.154. The highest BCUT2D eigenvalue weighted by Gasteiger charge is 2.33. The summed E-state index contributed by atoms with van der Waals surface area (Å²) >= 11 is 1.10. The summed E-state index contributed by atoms with van der Waals surface area (Å²) in [5.74, 6) is -0.819. The Morgan fingerprint density at radius 1 is 1.24 bits per heavy atom. The topological polar surface area (TPSA) is 130 Å². The number of allylic oxidation sites excluding steroid dienone is 1. The van der Waals surface area contributed by atoms with E-state index in [-0.39, 0.29) is 22.4 Å². The molecule has 0 radical (unpaired) electrons. The Bertz CT molecular complexity index is 1630. The molecule has 0 bridgehead atoms. The average molecular weight is 520 g/mol. The molecule has 3 aromatic rings. The number of fused-ring (bicyclic) bond motifs is 1. The molecule has 188 valence electrons. The maximum Gasteiger partial charge on any atom is 0.338 e. The molecule has 1 aliphatic rings. The van der Waals surface area contributed by atoms with Crippen LogP contribution < -0.4 is 19.6 Å². The van der Waals surface area contributed by atoms with E-state index in [2.05, 4.69) is 11.6 Å². The van der Waals surface area contributed by atoms with Crippen molar-refractivity contribution in [2.24, 2.45) is 4.99 Å². The molecule has 10 nitrogen and oxygen atoms in total. The van der Waals surface area contributed by atoms with Crippen molar-refractivity contribution in [3.05, 3.63) is 113 Å². The summed E-state index contributed by atoms with van der Waals surface area (Å²) in [4.78, 5) is 53.5. The highest BCUT2D eigenvalue weighted by molar-refractivity contribution is 7.07. The van der Waals surface area contributed by atoms with Gasteiger partial charge in [0.15, 0.2) is 4.80 Å². The molecule has 1 aliphatic heterocycles. The van der Waals surface area contributed by atoms with Crippen LogP contribution in [0.15, 0.2) is 82.2 Å². The van der Waals surface area contributed by atoms with E-state index in [9.17, 15) is 24.5 Å². The van der Waals surface area contributed by atoms with Gasteiger partial charge < -0.3 is 9.47 Å². The van der Waals surface area contributed by atoms with Crippen LogP contribution in [-0.4, -0.2) is 28.0 Å². The number of carbonyl (C=O) groups is 2. The first-order valence-corrected chi connectivity index (χ1v) is 11.8. The van der Waals surface area contributed by atoms with Gasteiger partial charge in [-0.3, -0.25) is 24.3 Å². The summed E-state index contributed by atoms with van der Waals surface area (Å²) in [6.45, 7) is 6.48. The molecule has 2 heterocycles. The van der Waals surface area contributed by atoms with E-state index in [1.807, 2.05) is 0 Å². The lowest BCUT2D eigenvalue weighted by Gasteiger charge is -2.24. The number of aromatic nitrogens is 1. The van der Waals surface area contributed by atoms with E-state index in [0.29, 0.717) is 27.4 Å². The third kappa shape index (κ3) is 5.31. The van der Waals surface area contributed by atoms with E-state index in [1.165, 1.54) is 35.8 Å². The van der Waals surface area contributed by atoms with Crippen LogP contribution in [0.5, 0.6) is 5.75 Å². The highest BCUT2D eigenvalue weighted by Crippen LogP contribution is 2.31. The molecule has 1 aromatic heterocycles. The van der Waals surface area contributed by atoms with Crippen LogP contribution in [0.1, 0.15) is 31.0 Å². The average Bonchev–Trinajstić information content (AvgIpc) is 3.16. The van der Waals surface area contributed by atoms with Crippen molar-refractivity contribution in [1.29, 1.82) is 0 Å². The largest absolute Gasteiger partial charge is 0.458 e. The zero-order valence-corrected chi connectivity index (χ0v) is 20.7. The molecule has 4 rings (SSSR count). The Hall–Kier alpha value is -4.64. The van der Waals surface area contributed by atoms with Crippen LogP contribution in [0.4, 0.5) is 5.69 Å². The van der Waals surface area contributed by atoms with Gasteiger partial charge in [-0.2, -0.15) is 0 Å². The molecule has 37 heavy (non-hydrogen) atoms. The summed E-state index contributed by atoms with van der Waals surface area (Å²) in [6.07, 6.45) is 2.98. The zero-order valence-electron chi connectivity index (χ0n) is 19.9. The third-order valence-electron chi connectivity index (χ3n) is 5.41. The van der Waals surface area contributed by atoms with Gasteiger partial charge in [0.25, 0.3) is 11.2 Å². The van der Waals surface area contributed by atoms with Gasteiger partial charge in [0, 0.05) is 19.1 Å². The quantitative estimate of drug-likeness (QED) is 0.154. The van der Waals surface area contributed by atoms with Crippen LogP contribution in [-0.2, 0) is 14.3 Å². The van der Waals surface area contributed by atoms with Crippen LogP contribution in [0.2, 0.25) is 0 Å². The smallest absolute Gasteiger partial charge is 0.338 e. The molecule has 2 aromatic carbocycles. The van der Waals surface area contributed by atoms with E-state index in [0.717, 1.165) is 11.3 Å². The molecule has 1 atom stereocenters. The predicted octanol–water partition coefficient (Wildman–Crippen LogP) is 2.80. The van der Waals surface area contributed by atoms with Crippen molar-refractivity contribution < 1.29 is 24.0 Å². The van der Waals surface area contributed by atoms with Gasteiger partial charge in [-0.15, -0.1) is 0 Å². The van der Waals surface area contributed by atoms with Gasteiger partial charge in [-0.1, -0.05) is 48.3 Å². The number of hydrogen-bond acceptors (Lipinski definition) is 9. The normalized spacial score (nSPS) is 15.0. The van der Waals surface area contributed by atoms with Gasteiger partial charge in [0.1, 0.15) is 12.4 Å². The molecule has 0 saturated carbocycles. The monoisotopic (exact) mass is 519 g/mol. The second kappa shape index (κ2) is 10.5. The molecular formula is C26H21N3O7S. The van der Waals surface area contributed by atoms with E-state index >= 15 is 0 Å². The first-order chi connectivity index (χ1) is 17.7. The van der Waals surface area contributed by atoms with Crippen molar-refractivity contribution in [1.82, 2.24) is 4.57 Å². The SMILES string of the molecule is C=CCOC(=O)C1=C(C)N=c2s/c(=C\c3cccc([N+](=O)[O-])c3)c(=O)n2[C@@H]1c1ccc(OC(C)=O)cc1. The molecule has 0 unspecified atom stereocenters. The fourth-order valence-corrected chi connectivity index (χ4v) is 4.92. The van der Waals surface area contributed by atoms with E-state index in [4.69, 9.17) is 9.47 Å². The van der Waals surface area contributed by atoms with Gasteiger partial charge in [0.2, 0.25) is 0 Å². The van der Waals surface area contributed by atoms with Crippen molar-refractivity contribution in [2.75, 3.05) is 6.61 Å². The van der Waals surface area contributed by atoms with Crippen LogP contribution in [0, 0.1) is 10.1 Å². The Labute approximate surface area is 214 Å². The number of nitrogens with zero attached hydrogens (tertiary/aromatic N) is 3. The summed E-state index contributed by atoms with van der Waals surface area (Å²) < 4.78 is 12.1. The second-order valence-corrected chi connectivity index (χ2v) is 8.99. The maximum atomic E-state index is 13.6. The number of ether oxygens (including phenoxy) is 2. The Morgan fingerprint density at radius 2 is 1.97 bits per heavy atom. The number of non-ortho nitro benzene ring substituents is 1. The zero-order chi connectivity index (χ0) is 26.7. The van der Waals surface area contributed by atoms with Crippen molar-refractivity contribution in [3.8, 4) is 5.75 Å². The number of carbonyl (C=O) groups excluding carboxylic acids is 2. The number of rotatable bonds is 7. The minimum absolute atomic E-state index is 0.0229. The van der Waals surface area contributed by atoms with Gasteiger partial charge >= 0.3 is 11.9 Å². The minimum atomic E-state index is -0.868. The van der Waals surface area contributed by atoms with Crippen molar-refractivity contribution in [2.45, 2.75) is 19.9 Å². The molecule has 0 saturated heterocycles. The molecule has 0 spiro atoms. The number of esters is 2. The van der Waals surface area contributed by atoms with Gasteiger partial charge in [0.05, 0.1) is 26.8 Å². The highest BCUT2D eigenvalue weighted by atomic mass is 32.1. The molecule has 11 heteroatoms. The molecule has 0 amide bonds. The van der Waals surface area contributed by atoms with Crippen molar-refractivity contribution >= 4 is 35.0 Å². The summed E-state index contributed by atoms with van der Waals surface area (Å²) in [5.41, 5.74) is 1.07. The number of nitro groups is 1. The number of benzene rings is 2. The Morgan fingerprint density at radius 3 is 2.62 bits per heavy atom. The van der Waals surface area contributed by atoms with Gasteiger partial charge in [-0.05, 0) is 36.3 Å². The maximum absolute atomic E-state index is 13.6. The summed E-state index contributed by atoms with van der Waals surface area (Å²) in [6, 6.07) is 11.5. The molecular weight excluding hydrogens is 498 g/mol. The summed E-state index contributed by atoms with van der Waals surface area (Å²) in [5, 5.41) is 11.2. The van der Waals surface area contributed by atoms with Crippen LogP contribution in [0.25, 0.3) is 6.08 Å². The standard InChI is InChI=1S/C26H21N3O7S/c1-4-12-35-25(32)22-15(2)27-26-28(23(22)18-8-10-20(11-9-18)36-16(3)30)24(31)21(37-26)14-17-6-5-7-19(13-17)29(33)34/h4-11,13-14,23H,1,12H2,2-3H3/b21-14-/t23-/m1/s1. The van der Waals surface area contributed by atoms with E-state index in [1.54, 1.807) is 43.3 Å². The number of hydrogen-bond donors (Lipinski definition) is 0. The lowest BCUT2D eigenvalue weighted by atomic mass is 9.96. The first kappa shape index (κ1) is 25.5. The van der Waals surface area contributed by atoms with Crippen LogP contribution >= 0.6 is 11.3 Å². The molecule has 0 aliphatic carbocycles. The minimum Gasteiger partial charge on any atom is -0.458 e. The van der Waals surface area contributed by atoms with Crippen molar-refractivity contribution in [3.63, 3.8) is 0 Å². The summed E-state index contributed by atoms with van der Waals surface area (Å²) in [7, 11) is 0. The Balaban J connectivity index is 1.89. The lowest BCUT2D eigenvalue weighted by molar-refractivity contribution is -0.384. The fourth-order valence-electron chi connectivity index (χ4n) is 3.87. The number of nitro benzene ring substituents is 1. The second-order valence-electron chi connectivity index (χ2n) is 7.98. The first-order valence-electron chi connectivity index (χ1n) is 11.0. The number of thiazole rings is 1. The Kier molecular flexibility index (Phi) is 7.25.